The van der Waals surface area contributed by atoms with E-state index in [-0.39, 0.29) is 12.1 Å². The van der Waals surface area contributed by atoms with Crippen molar-refractivity contribution < 1.29 is 9.53 Å². The Kier molecular flexibility index (Phi) is 5.09. The number of likely N-dealkylation sites (tertiary alicyclic amines) is 1. The molecule has 0 saturated carbocycles. The van der Waals surface area contributed by atoms with Crippen LogP contribution in [0.4, 0.5) is 4.79 Å². The zero-order valence-corrected chi connectivity index (χ0v) is 19.1. The Morgan fingerprint density at radius 2 is 2.12 bits per heavy atom. The van der Waals surface area contributed by atoms with Gasteiger partial charge < -0.3 is 14.6 Å². The highest BCUT2D eigenvalue weighted by Gasteiger charge is 2.32. The van der Waals surface area contributed by atoms with Crippen LogP contribution in [0.25, 0.3) is 27.6 Å². The molecule has 1 N–H and O–H groups in total. The van der Waals surface area contributed by atoms with Crippen molar-refractivity contribution in [3.63, 3.8) is 0 Å². The molecule has 7 nitrogen and oxygen atoms in total. The lowest BCUT2D eigenvalue weighted by Crippen LogP contribution is -2.40. The van der Waals surface area contributed by atoms with Gasteiger partial charge in [0.15, 0.2) is 0 Å². The van der Waals surface area contributed by atoms with Crippen LogP contribution in [0.15, 0.2) is 48.9 Å². The van der Waals surface area contributed by atoms with Crippen LogP contribution in [0, 0.1) is 11.3 Å². The van der Waals surface area contributed by atoms with Crippen molar-refractivity contribution >= 4 is 28.0 Å². The molecule has 7 heteroatoms. The highest BCUT2D eigenvalue weighted by atomic mass is 16.6. The molecule has 168 valence electrons. The molecular formula is C26H27N5O2. The number of nitriles is 1. The summed E-state index contributed by atoms with van der Waals surface area (Å²) in [5, 5.41) is 10.3. The highest BCUT2D eigenvalue weighted by Crippen LogP contribution is 2.29. The Morgan fingerprint density at radius 1 is 1.27 bits per heavy atom. The van der Waals surface area contributed by atoms with E-state index >= 15 is 0 Å². The largest absolute Gasteiger partial charge is 0.444 e. The van der Waals surface area contributed by atoms with E-state index in [9.17, 15) is 4.79 Å². The molecule has 0 radical (unpaired) electrons. The van der Waals surface area contributed by atoms with Gasteiger partial charge in [-0.05, 0) is 82.0 Å². The van der Waals surface area contributed by atoms with Gasteiger partial charge in [-0.1, -0.05) is 0 Å². The fourth-order valence-electron chi connectivity index (χ4n) is 4.64. The minimum atomic E-state index is -0.499. The van der Waals surface area contributed by atoms with Crippen molar-refractivity contribution in [1.82, 2.24) is 19.4 Å². The van der Waals surface area contributed by atoms with E-state index in [0.717, 1.165) is 53.4 Å². The summed E-state index contributed by atoms with van der Waals surface area (Å²) in [5.74, 6) is 0. The van der Waals surface area contributed by atoms with Crippen molar-refractivity contribution in [1.29, 1.82) is 5.26 Å². The quantitative estimate of drug-likeness (QED) is 0.466. The van der Waals surface area contributed by atoms with E-state index < -0.39 is 5.60 Å². The molecule has 1 fully saturated rings. The van der Waals surface area contributed by atoms with Gasteiger partial charge in [0.1, 0.15) is 11.9 Å². The molecule has 1 saturated heterocycles. The van der Waals surface area contributed by atoms with Gasteiger partial charge in [0.2, 0.25) is 0 Å². The molecule has 0 spiro atoms. The molecule has 1 amide bonds. The van der Waals surface area contributed by atoms with Crippen molar-refractivity contribution in [2.45, 2.75) is 51.7 Å². The van der Waals surface area contributed by atoms with E-state index in [4.69, 9.17) is 10.00 Å². The number of carbonyl (C=O) groups is 1. The summed E-state index contributed by atoms with van der Waals surface area (Å²) in [6, 6.07) is 14.1. The zero-order valence-electron chi connectivity index (χ0n) is 19.1. The molecule has 1 aliphatic rings. The minimum absolute atomic E-state index is 0.126. The van der Waals surface area contributed by atoms with Crippen LogP contribution in [0.3, 0.4) is 0 Å². The van der Waals surface area contributed by atoms with E-state index in [0.29, 0.717) is 5.56 Å². The van der Waals surface area contributed by atoms with Crippen LogP contribution in [-0.4, -0.2) is 43.7 Å². The lowest BCUT2D eigenvalue weighted by molar-refractivity contribution is 0.0227. The third-order valence-electron chi connectivity index (χ3n) is 6.17. The average Bonchev–Trinajstić information content (AvgIpc) is 3.50. The molecule has 4 aromatic rings. The predicted molar refractivity (Wildman–Crippen MR) is 127 cm³/mol. The van der Waals surface area contributed by atoms with Crippen LogP contribution in [0.1, 0.15) is 44.7 Å². The van der Waals surface area contributed by atoms with Crippen LogP contribution >= 0.6 is 0 Å². The first-order valence-corrected chi connectivity index (χ1v) is 11.3. The lowest BCUT2D eigenvalue weighted by Gasteiger charge is -2.28. The Balaban J connectivity index is 1.45. The molecule has 2 aromatic heterocycles. The standard InChI is InChI=1S/C26H27N5O2/c1-26(2,3)33-25(32)30-10-4-5-19(30)12-18-15-28-22-8-7-20(13-21(18)22)31-16-29-23-11-17(14-27)6-9-24(23)31/h6-9,11,13,15-16,19,28H,4-5,10,12H2,1-3H3/t19-/m1/s1. The second kappa shape index (κ2) is 7.96. The summed E-state index contributed by atoms with van der Waals surface area (Å²) in [6.07, 6.45) is 6.35. The average molecular weight is 442 g/mol. The smallest absolute Gasteiger partial charge is 0.410 e. The van der Waals surface area contributed by atoms with Crippen LogP contribution in [0.5, 0.6) is 0 Å². The Bertz CT molecular complexity index is 1390. The van der Waals surface area contributed by atoms with Crippen molar-refractivity contribution in [3.8, 4) is 11.8 Å². The predicted octanol–water partition coefficient (Wildman–Crippen LogP) is 5.32. The second-order valence-electron chi connectivity index (χ2n) is 9.65. The Labute approximate surface area is 192 Å². The van der Waals surface area contributed by atoms with Gasteiger partial charge in [0.05, 0.1) is 22.7 Å². The lowest BCUT2D eigenvalue weighted by atomic mass is 10.0. The number of H-pyrrole nitrogens is 1. The number of hydrogen-bond donors (Lipinski definition) is 1. The molecule has 5 rings (SSSR count). The van der Waals surface area contributed by atoms with Gasteiger partial charge in [-0.25, -0.2) is 9.78 Å². The second-order valence-corrected chi connectivity index (χ2v) is 9.65. The molecule has 3 heterocycles. The molecule has 33 heavy (non-hydrogen) atoms. The summed E-state index contributed by atoms with van der Waals surface area (Å²) in [5.41, 5.74) is 5.10. The van der Waals surface area contributed by atoms with Gasteiger partial charge in [-0.3, -0.25) is 4.57 Å². The summed E-state index contributed by atoms with van der Waals surface area (Å²) in [4.78, 5) is 22.4. The number of aromatic nitrogens is 3. The molecule has 0 bridgehead atoms. The van der Waals surface area contributed by atoms with Gasteiger partial charge in [0, 0.05) is 35.4 Å². The number of hydrogen-bond acceptors (Lipinski definition) is 4. The van der Waals surface area contributed by atoms with Crippen LogP contribution < -0.4 is 0 Å². The third kappa shape index (κ3) is 4.05. The van der Waals surface area contributed by atoms with E-state index in [1.807, 2.05) is 48.6 Å². The van der Waals surface area contributed by atoms with Gasteiger partial charge >= 0.3 is 6.09 Å². The number of carbonyl (C=O) groups excluding carboxylic acids is 1. The summed E-state index contributed by atoms with van der Waals surface area (Å²) in [7, 11) is 0. The first-order chi connectivity index (χ1) is 15.8. The van der Waals surface area contributed by atoms with Gasteiger partial charge in [-0.15, -0.1) is 0 Å². The molecule has 1 aliphatic heterocycles. The number of nitrogens with zero attached hydrogens (tertiary/aromatic N) is 4. The summed E-state index contributed by atoms with van der Waals surface area (Å²) >= 11 is 0. The maximum atomic E-state index is 12.7. The molecular weight excluding hydrogens is 414 g/mol. The molecule has 1 atom stereocenters. The normalized spacial score (nSPS) is 16.4. The fourth-order valence-corrected chi connectivity index (χ4v) is 4.64. The van der Waals surface area contributed by atoms with Crippen molar-refractivity contribution in [3.05, 3.63) is 60.0 Å². The number of nitrogens with one attached hydrogen (secondary N) is 1. The molecule has 2 aromatic carbocycles. The Morgan fingerprint density at radius 3 is 2.91 bits per heavy atom. The van der Waals surface area contributed by atoms with Crippen molar-refractivity contribution in [2.24, 2.45) is 0 Å². The maximum absolute atomic E-state index is 12.7. The van der Waals surface area contributed by atoms with Gasteiger partial charge in [0.25, 0.3) is 0 Å². The first kappa shape index (κ1) is 21.1. The number of ether oxygens (including phenoxy) is 1. The number of imidazole rings is 1. The van der Waals surface area contributed by atoms with E-state index in [1.54, 1.807) is 12.4 Å². The minimum Gasteiger partial charge on any atom is -0.444 e. The summed E-state index contributed by atoms with van der Waals surface area (Å²) < 4.78 is 7.67. The van der Waals surface area contributed by atoms with Crippen molar-refractivity contribution in [2.75, 3.05) is 6.54 Å². The van der Waals surface area contributed by atoms with Gasteiger partial charge in [-0.2, -0.15) is 5.26 Å². The number of rotatable bonds is 3. The topological polar surface area (TPSA) is 86.9 Å². The molecule has 0 unspecified atom stereocenters. The maximum Gasteiger partial charge on any atom is 0.410 e. The number of aromatic amines is 1. The third-order valence-corrected chi connectivity index (χ3v) is 6.17. The Hall–Kier alpha value is -3.79. The zero-order chi connectivity index (χ0) is 23.2. The fraction of sp³-hybridized carbons (Fsp3) is 0.346. The van der Waals surface area contributed by atoms with E-state index in [2.05, 4.69) is 34.2 Å². The van der Waals surface area contributed by atoms with E-state index in [1.165, 1.54) is 5.56 Å². The van der Waals surface area contributed by atoms with Crippen LogP contribution in [0.2, 0.25) is 0 Å². The van der Waals surface area contributed by atoms with Crippen LogP contribution in [-0.2, 0) is 11.2 Å². The number of benzene rings is 2. The summed E-state index contributed by atoms with van der Waals surface area (Å²) in [6.45, 7) is 6.44. The molecule has 0 aliphatic carbocycles. The monoisotopic (exact) mass is 441 g/mol. The number of amides is 1. The first-order valence-electron chi connectivity index (χ1n) is 11.3. The SMILES string of the molecule is CC(C)(C)OC(=O)N1CCC[C@@H]1Cc1c[nH]c2ccc(-n3cnc4cc(C#N)ccc43)cc12. The number of fused-ring (bicyclic) bond motifs is 2. The highest BCUT2D eigenvalue weighted by molar-refractivity contribution is 5.87.